The van der Waals surface area contributed by atoms with E-state index in [1.807, 2.05) is 24.3 Å². The van der Waals surface area contributed by atoms with Crippen molar-refractivity contribution in [1.29, 1.82) is 0 Å². The molecule has 0 N–H and O–H groups in total. The molecule has 0 saturated heterocycles. The van der Waals surface area contributed by atoms with Crippen molar-refractivity contribution in [3.63, 3.8) is 0 Å². The maximum atomic E-state index is 5.22. The predicted molar refractivity (Wildman–Crippen MR) is 60.6 cm³/mol. The van der Waals surface area contributed by atoms with Crippen LogP contribution in [0.1, 0.15) is 11.1 Å². The summed E-state index contributed by atoms with van der Waals surface area (Å²) in [7, 11) is 1.68. The zero-order valence-corrected chi connectivity index (χ0v) is 8.84. The fourth-order valence-electron chi connectivity index (χ4n) is 1.16. The molecule has 0 unspecified atom stereocenters. The van der Waals surface area contributed by atoms with Gasteiger partial charge in [-0.2, -0.15) is 12.6 Å². The number of thiol groups is 1. The van der Waals surface area contributed by atoms with Crippen LogP contribution >= 0.6 is 12.6 Å². The van der Waals surface area contributed by atoms with Crippen molar-refractivity contribution in [2.24, 2.45) is 0 Å². The Hall–Kier alpha value is -0.890. The molecule has 0 aliphatic rings. The summed E-state index contributed by atoms with van der Waals surface area (Å²) in [4.78, 5) is 0. The minimum absolute atomic E-state index is 0.747. The highest BCUT2D eigenvalue weighted by Crippen LogP contribution is 2.20. The highest BCUT2D eigenvalue weighted by Gasteiger charge is 1.97. The Labute approximate surface area is 84.8 Å². The van der Waals surface area contributed by atoms with E-state index in [4.69, 9.17) is 4.74 Å². The molecule has 0 saturated carbocycles. The number of hydrogen-bond donors (Lipinski definition) is 1. The minimum Gasteiger partial charge on any atom is -0.496 e. The number of hydrogen-bond acceptors (Lipinski definition) is 2. The molecule has 0 aromatic heterocycles. The van der Waals surface area contributed by atoms with Crippen LogP contribution in [-0.4, -0.2) is 12.9 Å². The summed E-state index contributed by atoms with van der Waals surface area (Å²) in [6.07, 6.45) is 4.03. The van der Waals surface area contributed by atoms with Gasteiger partial charge in [0, 0.05) is 11.3 Å². The van der Waals surface area contributed by atoms with Crippen LogP contribution in [0.4, 0.5) is 0 Å². The molecule has 1 nitrogen and oxygen atoms in total. The molecule has 0 fully saturated rings. The zero-order valence-electron chi connectivity index (χ0n) is 7.95. The second kappa shape index (κ2) is 4.97. The molecule has 0 aliphatic carbocycles. The molecule has 1 aromatic carbocycles. The Morgan fingerprint density at radius 2 is 2.23 bits per heavy atom. The van der Waals surface area contributed by atoms with E-state index in [0.717, 1.165) is 17.1 Å². The van der Waals surface area contributed by atoms with Gasteiger partial charge in [0.1, 0.15) is 5.75 Å². The Kier molecular flexibility index (Phi) is 3.90. The Morgan fingerprint density at radius 1 is 1.46 bits per heavy atom. The van der Waals surface area contributed by atoms with E-state index in [0.29, 0.717) is 0 Å². The topological polar surface area (TPSA) is 9.23 Å². The maximum absolute atomic E-state index is 5.22. The highest BCUT2D eigenvalue weighted by molar-refractivity contribution is 7.80. The van der Waals surface area contributed by atoms with Crippen LogP contribution in [0.5, 0.6) is 5.75 Å². The van der Waals surface area contributed by atoms with Gasteiger partial charge in [0.25, 0.3) is 0 Å². The summed E-state index contributed by atoms with van der Waals surface area (Å²) >= 11 is 4.11. The number of rotatable bonds is 3. The van der Waals surface area contributed by atoms with Crippen molar-refractivity contribution >= 4 is 18.7 Å². The van der Waals surface area contributed by atoms with Crippen LogP contribution in [0, 0.1) is 6.92 Å². The van der Waals surface area contributed by atoms with Crippen molar-refractivity contribution in [2.75, 3.05) is 12.9 Å². The first kappa shape index (κ1) is 10.2. The van der Waals surface area contributed by atoms with E-state index in [2.05, 4.69) is 25.6 Å². The number of ether oxygens (including phenoxy) is 1. The van der Waals surface area contributed by atoms with E-state index in [1.54, 1.807) is 7.11 Å². The van der Waals surface area contributed by atoms with Gasteiger partial charge >= 0.3 is 0 Å². The molecule has 0 atom stereocenters. The van der Waals surface area contributed by atoms with Gasteiger partial charge in [0.15, 0.2) is 0 Å². The third kappa shape index (κ3) is 2.81. The monoisotopic (exact) mass is 194 g/mol. The lowest BCUT2D eigenvalue weighted by molar-refractivity contribution is 0.413. The summed E-state index contributed by atoms with van der Waals surface area (Å²) in [5, 5.41) is 0. The van der Waals surface area contributed by atoms with Crippen LogP contribution in [-0.2, 0) is 0 Å². The summed E-state index contributed by atoms with van der Waals surface area (Å²) in [5.74, 6) is 1.65. The summed E-state index contributed by atoms with van der Waals surface area (Å²) in [6.45, 7) is 2.07. The van der Waals surface area contributed by atoms with Gasteiger partial charge in [-0.15, -0.1) is 0 Å². The van der Waals surface area contributed by atoms with Gasteiger partial charge < -0.3 is 4.74 Å². The molecule has 0 heterocycles. The second-order valence-corrected chi connectivity index (χ2v) is 3.20. The van der Waals surface area contributed by atoms with Gasteiger partial charge in [0.05, 0.1) is 7.11 Å². The minimum atomic E-state index is 0.747. The summed E-state index contributed by atoms with van der Waals surface area (Å²) in [5.41, 5.74) is 2.34. The fraction of sp³-hybridized carbons (Fsp3) is 0.273. The van der Waals surface area contributed by atoms with Crippen LogP contribution in [0.3, 0.4) is 0 Å². The molecule has 2 heteroatoms. The molecule has 1 aromatic rings. The van der Waals surface area contributed by atoms with Gasteiger partial charge in [-0.25, -0.2) is 0 Å². The highest BCUT2D eigenvalue weighted by atomic mass is 32.1. The van der Waals surface area contributed by atoms with Gasteiger partial charge in [-0.05, 0) is 19.1 Å². The lowest BCUT2D eigenvalue weighted by Gasteiger charge is -2.05. The lowest BCUT2D eigenvalue weighted by Crippen LogP contribution is -1.87. The Morgan fingerprint density at radius 3 is 2.85 bits per heavy atom. The van der Waals surface area contributed by atoms with Gasteiger partial charge in [-0.1, -0.05) is 23.8 Å². The number of benzene rings is 1. The molecule has 0 amide bonds. The third-order valence-corrected chi connectivity index (χ3v) is 2.00. The number of methoxy groups -OCH3 is 1. The molecule has 13 heavy (non-hydrogen) atoms. The molecule has 0 radical (unpaired) electrons. The Bertz CT molecular complexity index is 305. The van der Waals surface area contributed by atoms with E-state index >= 15 is 0 Å². The maximum Gasteiger partial charge on any atom is 0.126 e. The first-order valence-corrected chi connectivity index (χ1v) is 4.83. The van der Waals surface area contributed by atoms with E-state index in [1.165, 1.54) is 5.56 Å². The smallest absolute Gasteiger partial charge is 0.126 e. The first-order valence-electron chi connectivity index (χ1n) is 4.20. The Balaban J connectivity index is 3.01. The SMILES string of the molecule is COc1ccc(C)cc1C=CCS. The standard InChI is InChI=1S/C11H14OS/c1-9-5-6-11(12-2)10(8-9)4-3-7-13/h3-6,8,13H,7H2,1-2H3. The molecule has 0 spiro atoms. The van der Waals surface area contributed by atoms with Gasteiger partial charge in [0.2, 0.25) is 0 Å². The average Bonchev–Trinajstić information content (AvgIpc) is 2.15. The van der Waals surface area contributed by atoms with E-state index in [-0.39, 0.29) is 0 Å². The summed E-state index contributed by atoms with van der Waals surface area (Å²) < 4.78 is 5.22. The van der Waals surface area contributed by atoms with Crippen molar-refractivity contribution in [3.8, 4) is 5.75 Å². The van der Waals surface area contributed by atoms with Crippen molar-refractivity contribution in [1.82, 2.24) is 0 Å². The number of aryl methyl sites for hydroxylation is 1. The quantitative estimate of drug-likeness (QED) is 0.728. The van der Waals surface area contributed by atoms with Crippen molar-refractivity contribution in [3.05, 3.63) is 35.4 Å². The van der Waals surface area contributed by atoms with Crippen LogP contribution in [0.2, 0.25) is 0 Å². The van der Waals surface area contributed by atoms with Crippen molar-refractivity contribution in [2.45, 2.75) is 6.92 Å². The van der Waals surface area contributed by atoms with Gasteiger partial charge in [-0.3, -0.25) is 0 Å². The van der Waals surface area contributed by atoms with Crippen LogP contribution < -0.4 is 4.74 Å². The van der Waals surface area contributed by atoms with Crippen LogP contribution in [0.15, 0.2) is 24.3 Å². The zero-order chi connectivity index (χ0) is 9.68. The lowest BCUT2D eigenvalue weighted by atomic mass is 10.1. The van der Waals surface area contributed by atoms with E-state index < -0.39 is 0 Å². The molecule has 0 aliphatic heterocycles. The third-order valence-electron chi connectivity index (χ3n) is 1.79. The molecule has 1 rings (SSSR count). The second-order valence-electron chi connectivity index (χ2n) is 2.83. The fourth-order valence-corrected chi connectivity index (χ4v) is 1.27. The largest absolute Gasteiger partial charge is 0.496 e. The normalized spacial score (nSPS) is 10.7. The van der Waals surface area contributed by atoms with Crippen LogP contribution in [0.25, 0.3) is 6.08 Å². The molecule has 0 bridgehead atoms. The van der Waals surface area contributed by atoms with Crippen molar-refractivity contribution < 1.29 is 4.74 Å². The average molecular weight is 194 g/mol. The molecular weight excluding hydrogens is 180 g/mol. The van der Waals surface area contributed by atoms with E-state index in [9.17, 15) is 0 Å². The summed E-state index contributed by atoms with van der Waals surface area (Å²) in [6, 6.07) is 6.11. The molecular formula is C11H14OS. The first-order chi connectivity index (χ1) is 6.27. The molecule has 70 valence electrons. The predicted octanol–water partition coefficient (Wildman–Crippen LogP) is 2.95.